The van der Waals surface area contributed by atoms with Crippen LogP contribution >= 0.6 is 0 Å². The number of nitrogens with zero attached hydrogens (tertiary/aromatic N) is 1. The van der Waals surface area contributed by atoms with Crippen molar-refractivity contribution in [2.24, 2.45) is 0 Å². The van der Waals surface area contributed by atoms with Gasteiger partial charge in [0.25, 0.3) is 0 Å². The average Bonchev–Trinajstić information content (AvgIpc) is 2.20. The molecule has 1 aromatic heterocycles. The molecular formula is C13H17N. The fourth-order valence-electron chi connectivity index (χ4n) is 1.26. The highest BCUT2D eigenvalue weighted by atomic mass is 14.6. The summed E-state index contributed by atoms with van der Waals surface area (Å²) < 4.78 is 0. The van der Waals surface area contributed by atoms with Gasteiger partial charge in [-0.05, 0) is 18.6 Å². The Balaban J connectivity index is 0.000000293. The number of aryl methyl sites for hydroxylation is 1. The zero-order valence-corrected chi connectivity index (χ0v) is 9.12. The van der Waals surface area contributed by atoms with Gasteiger partial charge in [0.1, 0.15) is 0 Å². The van der Waals surface area contributed by atoms with Crippen LogP contribution in [0.4, 0.5) is 0 Å². The zero-order valence-electron chi connectivity index (χ0n) is 9.12. The van der Waals surface area contributed by atoms with Gasteiger partial charge in [-0.25, -0.2) is 0 Å². The maximum atomic E-state index is 4.28. The van der Waals surface area contributed by atoms with Crippen LogP contribution in [0.1, 0.15) is 25.8 Å². The van der Waals surface area contributed by atoms with Crippen molar-refractivity contribution in [2.75, 3.05) is 0 Å². The summed E-state index contributed by atoms with van der Waals surface area (Å²) in [5, 5.41) is 1.22. The van der Waals surface area contributed by atoms with Gasteiger partial charge >= 0.3 is 0 Å². The maximum absolute atomic E-state index is 4.28. The van der Waals surface area contributed by atoms with Crippen LogP contribution in [-0.2, 0) is 0 Å². The number of aromatic nitrogens is 1. The van der Waals surface area contributed by atoms with E-state index in [1.807, 2.05) is 12.3 Å². The molecule has 2 aromatic rings. The summed E-state index contributed by atoms with van der Waals surface area (Å²) in [4.78, 5) is 4.28. The Kier molecular flexibility index (Phi) is 4.11. The van der Waals surface area contributed by atoms with Crippen LogP contribution < -0.4 is 0 Å². The van der Waals surface area contributed by atoms with Gasteiger partial charge in [-0.1, -0.05) is 44.5 Å². The minimum Gasteiger partial charge on any atom is -0.256 e. The topological polar surface area (TPSA) is 12.9 Å². The van der Waals surface area contributed by atoms with Crippen molar-refractivity contribution in [1.82, 2.24) is 4.98 Å². The van der Waals surface area contributed by atoms with E-state index in [0.717, 1.165) is 5.52 Å². The first-order valence-corrected chi connectivity index (χ1v) is 5.10. The first kappa shape index (κ1) is 10.7. The predicted molar refractivity (Wildman–Crippen MR) is 62.4 cm³/mol. The smallest absolute Gasteiger partial charge is 0.0731 e. The molecule has 0 atom stereocenters. The Hall–Kier alpha value is -1.37. The minimum atomic E-state index is 1.11. The molecule has 1 aromatic carbocycles. The van der Waals surface area contributed by atoms with E-state index < -0.39 is 0 Å². The number of benzene rings is 1. The quantitative estimate of drug-likeness (QED) is 0.608. The number of rotatable bonds is 0. The molecule has 0 aliphatic carbocycles. The Morgan fingerprint density at radius 3 is 2.36 bits per heavy atom. The zero-order chi connectivity index (χ0) is 10.4. The maximum Gasteiger partial charge on any atom is 0.0731 e. The normalized spacial score (nSPS) is 9.36. The summed E-state index contributed by atoms with van der Waals surface area (Å²) in [6.07, 6.45) is 3.08. The SMILES string of the molecule is CCC.Cc1cccc2cccnc12. The van der Waals surface area contributed by atoms with Crippen LogP contribution in [0.25, 0.3) is 10.9 Å². The second-order valence-electron chi connectivity index (χ2n) is 3.36. The van der Waals surface area contributed by atoms with Gasteiger partial charge in [-0.2, -0.15) is 0 Å². The summed E-state index contributed by atoms with van der Waals surface area (Å²) >= 11 is 0. The Morgan fingerprint density at radius 2 is 1.71 bits per heavy atom. The molecule has 0 N–H and O–H groups in total. The van der Waals surface area contributed by atoms with E-state index in [1.54, 1.807) is 0 Å². The number of fused-ring (bicyclic) bond motifs is 1. The molecule has 0 aliphatic heterocycles. The number of hydrogen-bond acceptors (Lipinski definition) is 1. The van der Waals surface area contributed by atoms with Crippen molar-refractivity contribution in [2.45, 2.75) is 27.2 Å². The predicted octanol–water partition coefficient (Wildman–Crippen LogP) is 3.96. The summed E-state index contributed by atoms with van der Waals surface area (Å²) in [5.41, 5.74) is 2.35. The standard InChI is InChI=1S/C10H9N.C3H8/c1-8-4-2-5-9-6-3-7-11-10(8)9;1-3-2/h2-7H,1H3;3H2,1-2H3. The summed E-state index contributed by atoms with van der Waals surface area (Å²) in [5.74, 6) is 0. The molecule has 0 fully saturated rings. The van der Waals surface area contributed by atoms with Crippen molar-refractivity contribution in [1.29, 1.82) is 0 Å². The number of pyridine rings is 1. The lowest BCUT2D eigenvalue weighted by atomic mass is 10.1. The Morgan fingerprint density at radius 1 is 1.07 bits per heavy atom. The molecule has 0 amide bonds. The van der Waals surface area contributed by atoms with E-state index in [9.17, 15) is 0 Å². The average molecular weight is 187 g/mol. The molecule has 1 heteroatoms. The first-order valence-electron chi connectivity index (χ1n) is 5.10. The third-order valence-electron chi connectivity index (χ3n) is 1.83. The van der Waals surface area contributed by atoms with Crippen molar-refractivity contribution < 1.29 is 0 Å². The van der Waals surface area contributed by atoms with Crippen LogP contribution in [-0.4, -0.2) is 4.98 Å². The monoisotopic (exact) mass is 187 g/mol. The Bertz CT molecular complexity index is 388. The molecule has 0 saturated carbocycles. The molecule has 0 bridgehead atoms. The third-order valence-corrected chi connectivity index (χ3v) is 1.83. The van der Waals surface area contributed by atoms with Gasteiger partial charge in [0, 0.05) is 11.6 Å². The van der Waals surface area contributed by atoms with Gasteiger partial charge in [-0.15, -0.1) is 0 Å². The molecule has 1 nitrogen and oxygen atoms in total. The molecule has 0 aliphatic rings. The van der Waals surface area contributed by atoms with Crippen molar-refractivity contribution in [3.05, 3.63) is 42.1 Å². The van der Waals surface area contributed by atoms with Crippen molar-refractivity contribution in [3.8, 4) is 0 Å². The molecule has 74 valence electrons. The number of hydrogen-bond donors (Lipinski definition) is 0. The molecule has 0 radical (unpaired) electrons. The van der Waals surface area contributed by atoms with E-state index >= 15 is 0 Å². The lowest BCUT2D eigenvalue weighted by Crippen LogP contribution is -1.80. The molecule has 0 unspecified atom stereocenters. The molecule has 2 rings (SSSR count). The van der Waals surface area contributed by atoms with E-state index in [4.69, 9.17) is 0 Å². The van der Waals surface area contributed by atoms with Crippen LogP contribution in [0.15, 0.2) is 36.5 Å². The highest BCUT2D eigenvalue weighted by molar-refractivity contribution is 5.81. The van der Waals surface area contributed by atoms with E-state index in [1.165, 1.54) is 17.4 Å². The lowest BCUT2D eigenvalue weighted by Gasteiger charge is -1.97. The summed E-state index contributed by atoms with van der Waals surface area (Å²) in [6, 6.07) is 10.3. The highest BCUT2D eigenvalue weighted by Crippen LogP contribution is 2.13. The second-order valence-corrected chi connectivity index (χ2v) is 3.36. The Labute approximate surface area is 85.8 Å². The van der Waals surface area contributed by atoms with Crippen LogP contribution in [0.3, 0.4) is 0 Å². The van der Waals surface area contributed by atoms with Crippen molar-refractivity contribution >= 4 is 10.9 Å². The van der Waals surface area contributed by atoms with Crippen LogP contribution in [0.5, 0.6) is 0 Å². The van der Waals surface area contributed by atoms with E-state index in [2.05, 4.69) is 50.0 Å². The van der Waals surface area contributed by atoms with E-state index in [0.29, 0.717) is 0 Å². The largest absolute Gasteiger partial charge is 0.256 e. The van der Waals surface area contributed by atoms with Gasteiger partial charge in [0.15, 0.2) is 0 Å². The van der Waals surface area contributed by atoms with Gasteiger partial charge in [-0.3, -0.25) is 4.98 Å². The van der Waals surface area contributed by atoms with Crippen molar-refractivity contribution in [3.63, 3.8) is 0 Å². The highest BCUT2D eigenvalue weighted by Gasteiger charge is 1.93. The van der Waals surface area contributed by atoms with Crippen LogP contribution in [0.2, 0.25) is 0 Å². The van der Waals surface area contributed by atoms with Gasteiger partial charge < -0.3 is 0 Å². The van der Waals surface area contributed by atoms with Gasteiger partial charge in [0.2, 0.25) is 0 Å². The van der Waals surface area contributed by atoms with E-state index in [-0.39, 0.29) is 0 Å². The molecule has 0 spiro atoms. The second kappa shape index (κ2) is 5.38. The molecule has 1 heterocycles. The first-order chi connectivity index (χ1) is 6.79. The summed E-state index contributed by atoms with van der Waals surface area (Å²) in [6.45, 7) is 6.33. The molecule has 14 heavy (non-hydrogen) atoms. The third kappa shape index (κ3) is 2.56. The lowest BCUT2D eigenvalue weighted by molar-refractivity contribution is 1.09. The summed E-state index contributed by atoms with van der Waals surface area (Å²) in [7, 11) is 0. The molecular weight excluding hydrogens is 170 g/mol. The van der Waals surface area contributed by atoms with Gasteiger partial charge in [0.05, 0.1) is 5.52 Å². The van der Waals surface area contributed by atoms with Crippen LogP contribution in [0, 0.1) is 6.92 Å². The fraction of sp³-hybridized carbons (Fsp3) is 0.308. The fourth-order valence-corrected chi connectivity index (χ4v) is 1.26. The minimum absolute atomic E-state index is 1.11. The molecule has 0 saturated heterocycles. The number of para-hydroxylation sites is 1.